The molecule has 1 aliphatic rings. The quantitative estimate of drug-likeness (QED) is 0.689. The van der Waals surface area contributed by atoms with Crippen LogP contribution in [0.4, 0.5) is 11.5 Å². The van der Waals surface area contributed by atoms with E-state index in [4.69, 9.17) is 5.26 Å². The molecule has 1 amide bonds. The zero-order valence-corrected chi connectivity index (χ0v) is 11.7. The fourth-order valence-electron chi connectivity index (χ4n) is 2.81. The van der Waals surface area contributed by atoms with E-state index in [0.29, 0.717) is 17.8 Å². The van der Waals surface area contributed by atoms with Crippen LogP contribution in [-0.4, -0.2) is 10.9 Å². The highest BCUT2D eigenvalue weighted by atomic mass is 16.2. The smallest absolute Gasteiger partial charge is 0.237 e. The Balaban J connectivity index is 1.85. The summed E-state index contributed by atoms with van der Waals surface area (Å²) in [5.41, 5.74) is 3.29. The monoisotopic (exact) mass is 285 g/mol. The minimum Gasteiger partial charge on any atom is -0.274 e. The van der Waals surface area contributed by atoms with E-state index >= 15 is 0 Å². The molecule has 0 saturated heterocycles. The summed E-state index contributed by atoms with van der Waals surface area (Å²) in [6, 6.07) is 18.9. The van der Waals surface area contributed by atoms with E-state index in [0.717, 1.165) is 22.2 Å². The van der Waals surface area contributed by atoms with Gasteiger partial charge in [-0.05, 0) is 42.0 Å². The fraction of sp³-hybridized carbons (Fsp3) is 0.0556. The van der Waals surface area contributed by atoms with Crippen LogP contribution in [-0.2, 0) is 11.2 Å². The van der Waals surface area contributed by atoms with Gasteiger partial charge >= 0.3 is 0 Å². The summed E-state index contributed by atoms with van der Waals surface area (Å²) in [7, 11) is 0. The van der Waals surface area contributed by atoms with Gasteiger partial charge in [0, 0.05) is 5.39 Å². The number of para-hydroxylation sites is 1. The molecular formula is C18H11N3O. The van der Waals surface area contributed by atoms with Gasteiger partial charge < -0.3 is 0 Å². The summed E-state index contributed by atoms with van der Waals surface area (Å²) in [5, 5.41) is 9.84. The summed E-state index contributed by atoms with van der Waals surface area (Å²) in [6.45, 7) is 0. The molecule has 1 aliphatic heterocycles. The van der Waals surface area contributed by atoms with Gasteiger partial charge in [-0.3, -0.25) is 9.69 Å². The minimum atomic E-state index is 0.0293. The number of amides is 1. The number of hydrogen-bond donors (Lipinski definition) is 0. The summed E-state index contributed by atoms with van der Waals surface area (Å²) in [4.78, 5) is 18.5. The largest absolute Gasteiger partial charge is 0.274 e. The number of fused-ring (bicyclic) bond motifs is 2. The number of carbonyl (C=O) groups excluding carboxylic acids is 1. The van der Waals surface area contributed by atoms with Crippen LogP contribution in [0.3, 0.4) is 0 Å². The van der Waals surface area contributed by atoms with Crippen molar-refractivity contribution in [1.29, 1.82) is 5.26 Å². The molecule has 104 valence electrons. The van der Waals surface area contributed by atoms with E-state index in [9.17, 15) is 4.79 Å². The first-order chi connectivity index (χ1) is 10.8. The van der Waals surface area contributed by atoms with Crippen LogP contribution in [0.15, 0.2) is 54.6 Å². The summed E-state index contributed by atoms with van der Waals surface area (Å²) < 4.78 is 0. The molecule has 2 heterocycles. The van der Waals surface area contributed by atoms with Gasteiger partial charge in [-0.1, -0.05) is 18.2 Å². The second-order valence-electron chi connectivity index (χ2n) is 5.22. The van der Waals surface area contributed by atoms with Crippen molar-refractivity contribution in [3.63, 3.8) is 0 Å². The number of pyridine rings is 1. The molecule has 0 fully saturated rings. The summed E-state index contributed by atoms with van der Waals surface area (Å²) >= 11 is 0. The van der Waals surface area contributed by atoms with E-state index in [2.05, 4.69) is 11.1 Å². The van der Waals surface area contributed by atoms with Crippen LogP contribution in [0.5, 0.6) is 0 Å². The van der Waals surface area contributed by atoms with Gasteiger partial charge in [0.2, 0.25) is 5.91 Å². The Bertz CT molecular complexity index is 956. The Morgan fingerprint density at radius 3 is 2.82 bits per heavy atom. The normalized spacial score (nSPS) is 13.2. The lowest BCUT2D eigenvalue weighted by Crippen LogP contribution is -2.21. The molecule has 1 aromatic heterocycles. The maximum Gasteiger partial charge on any atom is 0.237 e. The third kappa shape index (κ3) is 1.84. The lowest BCUT2D eigenvalue weighted by molar-refractivity contribution is -0.116. The number of nitriles is 1. The first-order valence-corrected chi connectivity index (χ1v) is 6.98. The molecule has 0 unspecified atom stereocenters. The first-order valence-electron chi connectivity index (χ1n) is 6.98. The lowest BCUT2D eigenvalue weighted by atomic mass is 10.1. The topological polar surface area (TPSA) is 57.0 Å². The zero-order valence-electron chi connectivity index (χ0n) is 11.7. The van der Waals surface area contributed by atoms with Crippen LogP contribution in [0.1, 0.15) is 11.1 Å². The van der Waals surface area contributed by atoms with Crippen LogP contribution < -0.4 is 4.90 Å². The highest BCUT2D eigenvalue weighted by molar-refractivity contribution is 6.07. The molecule has 2 aromatic carbocycles. The van der Waals surface area contributed by atoms with Crippen molar-refractivity contribution < 1.29 is 4.79 Å². The van der Waals surface area contributed by atoms with Crippen molar-refractivity contribution in [2.75, 3.05) is 4.90 Å². The minimum absolute atomic E-state index is 0.0293. The number of nitrogens with zero attached hydrogens (tertiary/aromatic N) is 3. The Labute approximate surface area is 127 Å². The summed E-state index contributed by atoms with van der Waals surface area (Å²) in [6.07, 6.45) is 0.406. The summed E-state index contributed by atoms with van der Waals surface area (Å²) in [5.74, 6) is 0.647. The molecule has 4 nitrogen and oxygen atoms in total. The van der Waals surface area contributed by atoms with Crippen LogP contribution >= 0.6 is 0 Å². The molecule has 0 radical (unpaired) electrons. The molecule has 3 aromatic rings. The van der Waals surface area contributed by atoms with Gasteiger partial charge in [0.15, 0.2) is 0 Å². The van der Waals surface area contributed by atoms with Gasteiger partial charge in [-0.25, -0.2) is 4.98 Å². The van der Waals surface area contributed by atoms with Crippen molar-refractivity contribution in [2.45, 2.75) is 6.42 Å². The van der Waals surface area contributed by atoms with Crippen molar-refractivity contribution in [3.05, 3.63) is 65.7 Å². The maximum atomic E-state index is 12.3. The third-order valence-electron chi connectivity index (χ3n) is 3.86. The molecule has 0 saturated carbocycles. The van der Waals surface area contributed by atoms with Gasteiger partial charge in [-0.2, -0.15) is 5.26 Å². The molecule has 4 rings (SSSR count). The Morgan fingerprint density at radius 2 is 1.95 bits per heavy atom. The molecule has 0 spiro atoms. The molecule has 22 heavy (non-hydrogen) atoms. The lowest BCUT2D eigenvalue weighted by Gasteiger charge is -2.16. The number of anilines is 2. The number of hydrogen-bond acceptors (Lipinski definition) is 3. The maximum absolute atomic E-state index is 12.3. The average molecular weight is 285 g/mol. The highest BCUT2D eigenvalue weighted by Crippen LogP contribution is 2.34. The number of benzene rings is 2. The van der Waals surface area contributed by atoms with Crippen LogP contribution in [0, 0.1) is 11.3 Å². The second kappa shape index (κ2) is 4.68. The van der Waals surface area contributed by atoms with Gasteiger partial charge in [0.1, 0.15) is 5.82 Å². The molecule has 0 N–H and O–H groups in total. The van der Waals surface area contributed by atoms with E-state index in [1.54, 1.807) is 17.0 Å². The van der Waals surface area contributed by atoms with Crippen molar-refractivity contribution >= 4 is 28.3 Å². The molecule has 0 bridgehead atoms. The highest BCUT2D eigenvalue weighted by Gasteiger charge is 2.28. The standard InChI is InChI=1S/C18H11N3O/c19-11-12-5-7-15-13(9-12)6-8-17(20-15)21-16-4-2-1-3-14(16)10-18(21)22/h1-9H,10H2. The second-order valence-corrected chi connectivity index (χ2v) is 5.22. The SMILES string of the molecule is N#Cc1ccc2nc(N3C(=O)Cc4ccccc43)ccc2c1. The Hall–Kier alpha value is -3.19. The Morgan fingerprint density at radius 1 is 1.09 bits per heavy atom. The van der Waals surface area contributed by atoms with E-state index < -0.39 is 0 Å². The predicted octanol–water partition coefficient (Wildman–Crippen LogP) is 3.33. The number of aromatic nitrogens is 1. The predicted molar refractivity (Wildman–Crippen MR) is 83.8 cm³/mol. The van der Waals surface area contributed by atoms with Crippen molar-refractivity contribution in [1.82, 2.24) is 4.98 Å². The van der Waals surface area contributed by atoms with E-state index in [1.165, 1.54) is 0 Å². The number of carbonyl (C=O) groups is 1. The molecular weight excluding hydrogens is 274 g/mol. The van der Waals surface area contributed by atoms with Gasteiger partial charge in [0.05, 0.1) is 29.3 Å². The van der Waals surface area contributed by atoms with Gasteiger partial charge in [0.25, 0.3) is 0 Å². The molecule has 0 atom stereocenters. The molecule has 4 heteroatoms. The van der Waals surface area contributed by atoms with E-state index in [-0.39, 0.29) is 5.91 Å². The third-order valence-corrected chi connectivity index (χ3v) is 3.86. The molecule has 0 aliphatic carbocycles. The van der Waals surface area contributed by atoms with Crippen molar-refractivity contribution in [2.24, 2.45) is 0 Å². The van der Waals surface area contributed by atoms with E-state index in [1.807, 2.05) is 42.5 Å². The fourth-order valence-corrected chi connectivity index (χ4v) is 2.81. The Kier molecular flexibility index (Phi) is 2.67. The van der Waals surface area contributed by atoms with Crippen LogP contribution in [0.25, 0.3) is 10.9 Å². The van der Waals surface area contributed by atoms with Gasteiger partial charge in [-0.15, -0.1) is 0 Å². The van der Waals surface area contributed by atoms with Crippen LogP contribution in [0.2, 0.25) is 0 Å². The zero-order chi connectivity index (χ0) is 15.1. The first kappa shape index (κ1) is 12.5. The van der Waals surface area contributed by atoms with Crippen molar-refractivity contribution in [3.8, 4) is 6.07 Å². The average Bonchev–Trinajstić information content (AvgIpc) is 2.89. The number of rotatable bonds is 1.